The number of hydrogen-bond acceptors (Lipinski definition) is 2. The molecule has 3 heteroatoms. The van der Waals surface area contributed by atoms with Crippen molar-refractivity contribution in [1.29, 1.82) is 0 Å². The lowest BCUT2D eigenvalue weighted by molar-refractivity contribution is 1.17. The maximum absolute atomic E-state index is 5.15. The average molecular weight is 704 g/mol. The molecule has 0 N–H and O–H groups in total. The van der Waals surface area contributed by atoms with Gasteiger partial charge in [0, 0.05) is 50.0 Å². The van der Waals surface area contributed by atoms with E-state index in [2.05, 4.69) is 217 Å². The number of aryl methyl sites for hydroxylation is 1. The minimum atomic E-state index is 0.987. The Morgan fingerprint density at radius 2 is 1.00 bits per heavy atom. The van der Waals surface area contributed by atoms with Gasteiger partial charge in [0.25, 0.3) is 0 Å². The summed E-state index contributed by atoms with van der Waals surface area (Å²) in [5.41, 5.74) is 15.8. The normalized spacial score (nSPS) is 11.4. The molecular weight excluding hydrogens is 667 g/mol. The van der Waals surface area contributed by atoms with Crippen molar-refractivity contribution in [2.45, 2.75) is 6.92 Å². The number of aromatic nitrogens is 2. The summed E-state index contributed by atoms with van der Waals surface area (Å²) in [6.45, 7) is 2.13. The molecule has 0 atom stereocenters. The molecule has 2 heterocycles. The Bertz CT molecular complexity index is 2950. The van der Waals surface area contributed by atoms with Crippen molar-refractivity contribution < 1.29 is 0 Å². The van der Waals surface area contributed by atoms with Gasteiger partial charge in [0.2, 0.25) is 0 Å². The minimum absolute atomic E-state index is 0.987. The summed E-state index contributed by atoms with van der Waals surface area (Å²) in [7, 11) is 0. The third-order valence-electron chi connectivity index (χ3n) is 10.6. The fourth-order valence-electron chi connectivity index (χ4n) is 7.89. The summed E-state index contributed by atoms with van der Waals surface area (Å²) in [4.78, 5) is 7.47. The predicted octanol–water partition coefficient (Wildman–Crippen LogP) is 14.1. The monoisotopic (exact) mass is 703 g/mol. The second-order valence-corrected chi connectivity index (χ2v) is 14.1. The zero-order valence-corrected chi connectivity index (χ0v) is 30.5. The first-order valence-corrected chi connectivity index (χ1v) is 18.8. The summed E-state index contributed by atoms with van der Waals surface area (Å²) in [5, 5.41) is 3.63. The van der Waals surface area contributed by atoms with Gasteiger partial charge >= 0.3 is 0 Å². The zero-order chi connectivity index (χ0) is 36.7. The SMILES string of the molecule is Cc1ccc(-n2c3ccccc3c3cc(-c4ccc(N(c5ccccc5)c5ccc(-c6cc7ccccc7nc6-c6ccccc6)cc5)cc4)ccc32)cc1. The molecule has 10 rings (SSSR count). The molecule has 0 radical (unpaired) electrons. The predicted molar refractivity (Wildman–Crippen MR) is 232 cm³/mol. The summed E-state index contributed by atoms with van der Waals surface area (Å²) < 4.78 is 2.37. The maximum atomic E-state index is 5.15. The van der Waals surface area contributed by atoms with Gasteiger partial charge in [-0.2, -0.15) is 0 Å². The molecule has 0 spiro atoms. The van der Waals surface area contributed by atoms with Crippen molar-refractivity contribution in [3.63, 3.8) is 0 Å². The zero-order valence-electron chi connectivity index (χ0n) is 30.5. The highest BCUT2D eigenvalue weighted by atomic mass is 15.1. The van der Waals surface area contributed by atoms with E-state index in [1.807, 2.05) is 6.07 Å². The van der Waals surface area contributed by atoms with Gasteiger partial charge in [-0.25, -0.2) is 4.98 Å². The quantitative estimate of drug-likeness (QED) is 0.165. The molecule has 0 unspecified atom stereocenters. The molecule has 0 aliphatic carbocycles. The van der Waals surface area contributed by atoms with Crippen LogP contribution in [-0.2, 0) is 0 Å². The number of hydrogen-bond donors (Lipinski definition) is 0. The number of pyridine rings is 1. The third-order valence-corrected chi connectivity index (χ3v) is 10.6. The molecule has 3 nitrogen and oxygen atoms in total. The fraction of sp³-hybridized carbons (Fsp3) is 0.0192. The van der Waals surface area contributed by atoms with Crippen LogP contribution < -0.4 is 4.90 Å². The Morgan fingerprint density at radius 3 is 1.75 bits per heavy atom. The van der Waals surface area contributed by atoms with Crippen LogP contribution in [0.25, 0.3) is 71.9 Å². The van der Waals surface area contributed by atoms with E-state index in [9.17, 15) is 0 Å². The van der Waals surface area contributed by atoms with Crippen molar-refractivity contribution in [3.8, 4) is 39.2 Å². The highest BCUT2D eigenvalue weighted by Gasteiger charge is 2.17. The van der Waals surface area contributed by atoms with Crippen molar-refractivity contribution in [2.75, 3.05) is 4.90 Å². The first-order valence-electron chi connectivity index (χ1n) is 18.8. The Balaban J connectivity index is 1.02. The van der Waals surface area contributed by atoms with Gasteiger partial charge in [-0.05, 0) is 102 Å². The summed E-state index contributed by atoms with van der Waals surface area (Å²) in [5.74, 6) is 0. The smallest absolute Gasteiger partial charge is 0.0788 e. The van der Waals surface area contributed by atoms with E-state index in [1.54, 1.807) is 0 Å². The standard InChI is InChI=1S/C52H37N3/c1-36-20-27-45(28-21-36)55-50-19-11-9-17-46(50)48-34-40(26-33-51(48)55)37-22-29-43(30-23-37)54(42-15-6-3-7-16-42)44-31-24-38(25-32-44)47-35-41-14-8-10-18-49(41)53-52(47)39-12-4-2-5-13-39/h2-35H,1H3. The highest BCUT2D eigenvalue weighted by molar-refractivity contribution is 6.10. The first-order chi connectivity index (χ1) is 27.2. The minimum Gasteiger partial charge on any atom is -0.311 e. The van der Waals surface area contributed by atoms with Gasteiger partial charge in [0.05, 0.1) is 22.2 Å². The van der Waals surface area contributed by atoms with Crippen LogP contribution in [0.4, 0.5) is 17.1 Å². The van der Waals surface area contributed by atoms with Crippen LogP contribution in [0.3, 0.4) is 0 Å². The molecule has 10 aromatic rings. The molecule has 55 heavy (non-hydrogen) atoms. The largest absolute Gasteiger partial charge is 0.311 e. The van der Waals surface area contributed by atoms with Crippen LogP contribution in [0.15, 0.2) is 206 Å². The van der Waals surface area contributed by atoms with E-state index in [1.165, 1.54) is 44.2 Å². The van der Waals surface area contributed by atoms with E-state index in [0.717, 1.165) is 50.3 Å². The molecule has 2 aromatic heterocycles. The lowest BCUT2D eigenvalue weighted by atomic mass is 9.97. The van der Waals surface area contributed by atoms with E-state index >= 15 is 0 Å². The van der Waals surface area contributed by atoms with Crippen molar-refractivity contribution in [2.24, 2.45) is 0 Å². The van der Waals surface area contributed by atoms with Crippen molar-refractivity contribution >= 4 is 49.8 Å². The number of nitrogens with zero attached hydrogens (tertiary/aromatic N) is 3. The van der Waals surface area contributed by atoms with E-state index in [-0.39, 0.29) is 0 Å². The molecular formula is C52H37N3. The van der Waals surface area contributed by atoms with Gasteiger partial charge < -0.3 is 9.47 Å². The second kappa shape index (κ2) is 13.6. The summed E-state index contributed by atoms with van der Waals surface area (Å²) in [6, 6.07) is 73.9. The third kappa shape index (κ3) is 5.93. The Hall–Kier alpha value is -7.23. The molecule has 8 aromatic carbocycles. The van der Waals surface area contributed by atoms with E-state index in [4.69, 9.17) is 4.98 Å². The first kappa shape index (κ1) is 32.4. The molecule has 260 valence electrons. The Morgan fingerprint density at radius 1 is 0.418 bits per heavy atom. The van der Waals surface area contributed by atoms with Gasteiger partial charge in [0.15, 0.2) is 0 Å². The molecule has 0 fully saturated rings. The van der Waals surface area contributed by atoms with Gasteiger partial charge in [-0.15, -0.1) is 0 Å². The van der Waals surface area contributed by atoms with Crippen LogP contribution in [-0.4, -0.2) is 9.55 Å². The lowest BCUT2D eigenvalue weighted by Crippen LogP contribution is -2.09. The maximum Gasteiger partial charge on any atom is 0.0788 e. The second-order valence-electron chi connectivity index (χ2n) is 14.1. The molecule has 0 saturated heterocycles. The summed E-state index contributed by atoms with van der Waals surface area (Å²) in [6.07, 6.45) is 0. The fourth-order valence-corrected chi connectivity index (χ4v) is 7.89. The van der Waals surface area contributed by atoms with Gasteiger partial charge in [-0.1, -0.05) is 133 Å². The molecule has 0 bridgehead atoms. The van der Waals surface area contributed by atoms with Crippen molar-refractivity contribution in [3.05, 3.63) is 212 Å². The number of para-hydroxylation sites is 3. The molecule has 0 amide bonds. The van der Waals surface area contributed by atoms with E-state index in [0.29, 0.717) is 0 Å². The van der Waals surface area contributed by atoms with Crippen LogP contribution >= 0.6 is 0 Å². The van der Waals surface area contributed by atoms with Crippen LogP contribution in [0.2, 0.25) is 0 Å². The van der Waals surface area contributed by atoms with Crippen LogP contribution in [0.5, 0.6) is 0 Å². The lowest BCUT2D eigenvalue weighted by Gasteiger charge is -2.26. The summed E-state index contributed by atoms with van der Waals surface area (Å²) >= 11 is 0. The molecule has 0 aliphatic heterocycles. The molecule has 0 aliphatic rings. The van der Waals surface area contributed by atoms with Crippen LogP contribution in [0, 0.1) is 6.92 Å². The Kier molecular flexibility index (Phi) is 8.04. The molecule has 0 saturated carbocycles. The Labute approximate surface area is 321 Å². The highest BCUT2D eigenvalue weighted by Crippen LogP contribution is 2.40. The number of rotatable bonds is 7. The van der Waals surface area contributed by atoms with Crippen LogP contribution in [0.1, 0.15) is 5.56 Å². The number of anilines is 3. The number of benzene rings is 8. The van der Waals surface area contributed by atoms with Gasteiger partial charge in [0.1, 0.15) is 0 Å². The number of fused-ring (bicyclic) bond motifs is 4. The van der Waals surface area contributed by atoms with Crippen molar-refractivity contribution in [1.82, 2.24) is 9.55 Å². The van der Waals surface area contributed by atoms with E-state index < -0.39 is 0 Å². The average Bonchev–Trinajstić information content (AvgIpc) is 3.58. The topological polar surface area (TPSA) is 21.1 Å². The van der Waals surface area contributed by atoms with Gasteiger partial charge in [-0.3, -0.25) is 0 Å².